The van der Waals surface area contributed by atoms with Crippen LogP contribution >= 0.6 is 70.4 Å². The first kappa shape index (κ1) is 126. The van der Waals surface area contributed by atoms with Gasteiger partial charge in [0.15, 0.2) is 5.78 Å². The fourth-order valence-electron chi connectivity index (χ4n) is 13.7. The van der Waals surface area contributed by atoms with Crippen molar-refractivity contribution >= 4 is 176 Å². The van der Waals surface area contributed by atoms with Crippen LogP contribution < -0.4 is 26.0 Å². The van der Waals surface area contributed by atoms with Crippen LogP contribution in [0.4, 0.5) is 22.7 Å². The number of nitrogens with zero attached hydrogens (tertiary/aromatic N) is 5. The number of carbonyl (C=O) groups is 1. The van der Waals surface area contributed by atoms with Gasteiger partial charge in [0.05, 0.1) is 147 Å². The molecule has 4 aromatic rings. The van der Waals surface area contributed by atoms with Crippen molar-refractivity contribution in [2.24, 2.45) is 31.4 Å². The Labute approximate surface area is 875 Å². The van der Waals surface area contributed by atoms with E-state index >= 15 is 0 Å². The quantitative estimate of drug-likeness (QED) is 0.0316. The molecular formula is C93H150B3Br3IN9O24S3Ti. The third-order valence-electron chi connectivity index (χ3n) is 23.9. The fourth-order valence-corrected chi connectivity index (χ4v) is 16.8. The minimum atomic E-state index is -1.35. The second-order valence-corrected chi connectivity index (χ2v) is 49.6. The summed E-state index contributed by atoms with van der Waals surface area (Å²) in [6.45, 7) is 56.2. The molecule has 2 saturated carbocycles. The average Bonchev–Trinajstić information content (AvgIpc) is 1.54. The van der Waals surface area contributed by atoms with Crippen molar-refractivity contribution in [2.75, 3.05) is 116 Å². The molecule has 9 N–H and O–H groups in total. The van der Waals surface area contributed by atoms with Gasteiger partial charge in [0, 0.05) is 121 Å². The molecule has 11 fully saturated rings. The Balaban J connectivity index is 0.000000329. The number of hydrogen-bond acceptors (Lipinski definition) is 28. The molecule has 17 rings (SSSR count). The maximum Gasteiger partial charge on any atom is 0.494 e. The third-order valence-corrected chi connectivity index (χ3v) is 30.7. The Morgan fingerprint density at radius 3 is 1.12 bits per heavy atom. The molecule has 3 unspecified atom stereocenters. The number of nitrogens with two attached hydrogens (primary N) is 1. The summed E-state index contributed by atoms with van der Waals surface area (Å²) in [6, 6.07) is 22.8. The molecule has 2 aliphatic carbocycles. The van der Waals surface area contributed by atoms with Crippen molar-refractivity contribution < 1.29 is 126 Å². The number of aliphatic hydroxyl groups excluding tert-OH is 4. The van der Waals surface area contributed by atoms with Gasteiger partial charge in [-0.2, -0.15) is 4.40 Å². The number of benzene rings is 4. The zero-order valence-corrected chi connectivity index (χ0v) is 95.6. The number of nitrogens with one attached hydrogen (secondary N) is 3. The number of ether oxygens (including phenoxy) is 6. The number of nitro groups is 2. The molecule has 11 heterocycles. The van der Waals surface area contributed by atoms with Crippen LogP contribution in [0.15, 0.2) is 101 Å². The zero-order chi connectivity index (χ0) is 103. The Morgan fingerprint density at radius 1 is 0.496 bits per heavy atom. The molecule has 770 valence electrons. The van der Waals surface area contributed by atoms with E-state index in [2.05, 4.69) is 136 Å². The number of ketones is 1. The standard InChI is InChI=1S/C21H29BN2O3.C15H17BrN2O.C13H17BrN2O4S.C12H24B2O4.C7H13NO2S.C6H3BrINO2.C4H11NOS.C4H8O.C3H4O2.4C2H6O.Ti/c1-19(2)20(3,4)27-22(26-19)15-9-10-16-17(11-15)23-18(14-7-5-6-8-14)24-21(16)12-25-13-21;16-11-5-6-12-13(7-11)17-14(10-3-1-2-4-10)18-15(12)8-19-9-15;1-12(2,3)21(19)15-13(7-20-8-13)10-5-4-9(14)6-11(10)16(17)18;1-9(2)10(3,4)16-13(15-9)14-17-11(5,6)12(7,8)18-14;1-7(2,3)11(9)8-6-4-10-5-6;7-4-1-2-5(8)6(3-4)9(10)11;1-4(2,3)7(5)6;1-2-4-5-3-1;4-3-1-5-2-3;4*1-2-3;/h9-11,14H,5-8,12-13H2,1-4H3,(H,23,24);5-7,10H,1-4,8-9H2,(H,17,18);4-6,15H,7-8H2,1-3H3;1-8H3;4-5H2,1-3H3;1-3H;5H2,1-3H3;1-4H2;1-2H2;4*3H,2H2,1H3;. The summed E-state index contributed by atoms with van der Waals surface area (Å²) in [5.74, 6) is 3.71. The van der Waals surface area contributed by atoms with Crippen LogP contribution in [0.2, 0.25) is 0 Å². The fraction of sp³-hybridized carbons (Fsp3) is 0.699. The van der Waals surface area contributed by atoms with E-state index in [4.69, 9.17) is 87.2 Å². The first-order valence-electron chi connectivity index (χ1n) is 46.3. The number of rotatable bonds is 10. The van der Waals surface area contributed by atoms with Gasteiger partial charge in [-0.3, -0.25) is 40.1 Å². The normalized spacial score (nSPS) is 21.5. The summed E-state index contributed by atoms with van der Waals surface area (Å²) in [7, 11) is -4.93. The molecule has 44 heteroatoms. The molecule has 0 aromatic heterocycles. The van der Waals surface area contributed by atoms with Crippen LogP contribution in [0.1, 0.15) is 254 Å². The predicted octanol–water partition coefficient (Wildman–Crippen LogP) is 16.5. The summed E-state index contributed by atoms with van der Waals surface area (Å²) in [5, 5.41) is 64.2. The van der Waals surface area contributed by atoms with Crippen LogP contribution in [0.3, 0.4) is 0 Å². The molecule has 9 saturated heterocycles. The number of anilines is 2. The molecule has 33 nitrogen and oxygen atoms in total. The van der Waals surface area contributed by atoms with E-state index < -0.39 is 67.1 Å². The molecule has 11 aliphatic heterocycles. The molecule has 0 amide bonds. The average molecular weight is 2320 g/mol. The number of Topliss-reactive ketones (excluding diaryl/α,β-unsaturated/α-hetero) is 1. The van der Waals surface area contributed by atoms with Crippen LogP contribution in [0, 0.1) is 35.6 Å². The summed E-state index contributed by atoms with van der Waals surface area (Å²) in [5.41, 5.74) is 4.27. The minimum Gasteiger partial charge on any atom is -0.405 e. The third kappa shape index (κ3) is 37.0. The Kier molecular flexibility index (Phi) is 51.6. The van der Waals surface area contributed by atoms with E-state index in [-0.39, 0.29) is 140 Å². The van der Waals surface area contributed by atoms with Crippen molar-refractivity contribution in [1.29, 1.82) is 0 Å². The van der Waals surface area contributed by atoms with Gasteiger partial charge in [0.25, 0.3) is 11.4 Å². The first-order valence-corrected chi connectivity index (χ1v) is 53.2. The number of nitro benzene ring substituents is 2. The van der Waals surface area contributed by atoms with Gasteiger partial charge < -0.3 is 87.4 Å². The van der Waals surface area contributed by atoms with Crippen LogP contribution in [-0.2, 0) is 132 Å². The Morgan fingerprint density at radius 2 is 0.832 bits per heavy atom. The van der Waals surface area contributed by atoms with Gasteiger partial charge in [-0.1, -0.05) is 91.7 Å². The number of amidine groups is 2. The van der Waals surface area contributed by atoms with Gasteiger partial charge in [-0.25, -0.2) is 17.3 Å². The molecule has 0 bridgehead atoms. The van der Waals surface area contributed by atoms with Gasteiger partial charge in [0.1, 0.15) is 52.5 Å². The topological polar surface area (TPSA) is 445 Å². The van der Waals surface area contributed by atoms with E-state index in [1.807, 2.05) is 140 Å². The molecular weight excluding hydrogens is 2170 g/mol. The summed E-state index contributed by atoms with van der Waals surface area (Å²) >= 11 is 11.9. The van der Waals surface area contributed by atoms with E-state index in [1.54, 1.807) is 52.0 Å². The van der Waals surface area contributed by atoms with Crippen LogP contribution in [0.5, 0.6) is 0 Å². The van der Waals surface area contributed by atoms with E-state index in [0.29, 0.717) is 65.1 Å². The maximum absolute atomic E-state index is 12.4. The summed E-state index contributed by atoms with van der Waals surface area (Å²) in [6.07, 6.45) is 12.8. The molecule has 2 spiro atoms. The summed E-state index contributed by atoms with van der Waals surface area (Å²) in [4.78, 5) is 40.8. The van der Waals surface area contributed by atoms with Gasteiger partial charge >= 0.3 is 21.1 Å². The molecule has 13 aliphatic rings. The number of fused-ring (bicyclic) bond motifs is 4. The van der Waals surface area contributed by atoms with Crippen LogP contribution in [-0.4, -0.2) is 241 Å². The van der Waals surface area contributed by atoms with E-state index in [9.17, 15) is 37.6 Å². The van der Waals surface area contributed by atoms with Crippen LogP contribution in [0.25, 0.3) is 0 Å². The van der Waals surface area contributed by atoms with Gasteiger partial charge in [-0.05, 0) is 282 Å². The largest absolute Gasteiger partial charge is 0.494 e. The number of carbonyl (C=O) groups excluding carboxylic acids is 1. The van der Waals surface area contributed by atoms with E-state index in [1.165, 1.54) is 99.0 Å². The first-order chi connectivity index (χ1) is 63.2. The summed E-state index contributed by atoms with van der Waals surface area (Å²) < 4.78 is 110. The monoisotopic (exact) mass is 2320 g/mol. The number of aliphatic imine (C=N–C) groups is 2. The Hall–Kier alpha value is -3.23. The molecule has 4 aromatic carbocycles. The second-order valence-electron chi connectivity index (χ2n) is 40.0. The maximum atomic E-state index is 12.4. The SMILES string of the molecule is Brc1ccc2c(c1)NC(C1CCCC1)=NC21COC1.C1CCOC1.CC(C)(C)S(=O)N=C1COC1.CC(C)(C)S(=O)NC1(c2ccc(Br)cc2[N+](=O)[O-])COC1.CC(C)(C)S(N)=O.CC1(C)OB(B2OC(C)(C)C(C)(C)O2)OC1(C)C.CC1(C)OB(c2ccc3c(c2)NC(C2CCCC2)=NC32COC2)OC1(C)C.CCO.CCO.CCO.CCO.O=C1COC1.O=[N+]([O-])c1cc(Br)ccc1I.[Ti]. The minimum absolute atomic E-state index is 0. The molecule has 0 radical (unpaired) electrons. The van der Waals surface area contributed by atoms with Crippen molar-refractivity contribution in [1.82, 2.24) is 4.72 Å². The zero-order valence-electron chi connectivity index (χ0n) is 84.7. The van der Waals surface area contributed by atoms with Crippen molar-refractivity contribution in [2.45, 2.75) is 302 Å². The smallest absolute Gasteiger partial charge is 0.405 e. The Bertz CT molecular complexity index is 4590. The number of halogens is 4. The predicted molar refractivity (Wildman–Crippen MR) is 562 cm³/mol. The van der Waals surface area contributed by atoms with Crippen molar-refractivity contribution in [3.8, 4) is 0 Å². The van der Waals surface area contributed by atoms with Crippen molar-refractivity contribution in [3.63, 3.8) is 0 Å². The number of hydrogen-bond donors (Lipinski definition) is 8. The van der Waals surface area contributed by atoms with Crippen molar-refractivity contribution in [3.05, 3.63) is 127 Å². The molecule has 137 heavy (non-hydrogen) atoms. The van der Waals surface area contributed by atoms with Gasteiger partial charge in [-0.15, -0.1) is 0 Å². The second kappa shape index (κ2) is 56.1. The van der Waals surface area contributed by atoms with E-state index in [0.717, 1.165) is 58.1 Å². The number of aliphatic hydroxyl groups is 4. The molecule has 3 atom stereocenters. The van der Waals surface area contributed by atoms with Gasteiger partial charge in [0.2, 0.25) is 0 Å².